The van der Waals surface area contributed by atoms with E-state index < -0.39 is 0 Å². The van der Waals surface area contributed by atoms with Crippen LogP contribution in [0.25, 0.3) is 0 Å². The van der Waals surface area contributed by atoms with E-state index in [0.29, 0.717) is 11.6 Å². The SMILES string of the molecule is CN(c1ccnc(N2CCOCC2)n1)C1CCCN(c2ccc(C#N)cn2)C1. The van der Waals surface area contributed by atoms with Crippen LogP contribution >= 0.6 is 0 Å². The fourth-order valence-corrected chi connectivity index (χ4v) is 3.76. The molecule has 0 aromatic carbocycles. The number of likely N-dealkylation sites (N-methyl/N-ethyl adjacent to an activating group) is 1. The number of anilines is 3. The zero-order chi connectivity index (χ0) is 19.3. The van der Waals surface area contributed by atoms with Crippen LogP contribution in [-0.4, -0.2) is 67.4 Å². The number of rotatable bonds is 4. The van der Waals surface area contributed by atoms with Crippen LogP contribution in [-0.2, 0) is 4.74 Å². The van der Waals surface area contributed by atoms with E-state index in [1.165, 1.54) is 0 Å². The molecule has 0 N–H and O–H groups in total. The third-order valence-corrected chi connectivity index (χ3v) is 5.43. The van der Waals surface area contributed by atoms with Gasteiger partial charge in [0.05, 0.1) is 18.8 Å². The fraction of sp³-hybridized carbons (Fsp3) is 0.500. The van der Waals surface area contributed by atoms with Gasteiger partial charge in [-0.2, -0.15) is 10.2 Å². The molecule has 28 heavy (non-hydrogen) atoms. The summed E-state index contributed by atoms with van der Waals surface area (Å²) < 4.78 is 5.43. The number of nitriles is 1. The Bertz CT molecular complexity index is 829. The maximum absolute atomic E-state index is 8.96. The molecule has 8 nitrogen and oxygen atoms in total. The molecule has 2 saturated heterocycles. The average molecular weight is 379 g/mol. The summed E-state index contributed by atoms with van der Waals surface area (Å²) in [5, 5.41) is 8.96. The molecular weight excluding hydrogens is 354 g/mol. The highest BCUT2D eigenvalue weighted by atomic mass is 16.5. The molecule has 2 fully saturated rings. The van der Waals surface area contributed by atoms with Gasteiger partial charge >= 0.3 is 0 Å². The second-order valence-corrected chi connectivity index (χ2v) is 7.18. The summed E-state index contributed by atoms with van der Waals surface area (Å²) in [6, 6.07) is 8.20. The Balaban J connectivity index is 1.46. The average Bonchev–Trinajstić information content (AvgIpc) is 2.79. The van der Waals surface area contributed by atoms with Crippen LogP contribution in [0.1, 0.15) is 18.4 Å². The van der Waals surface area contributed by atoms with Crippen LogP contribution in [0, 0.1) is 11.3 Å². The molecule has 2 aromatic heterocycles. The number of pyridine rings is 1. The van der Waals surface area contributed by atoms with Crippen LogP contribution in [0.3, 0.4) is 0 Å². The second-order valence-electron chi connectivity index (χ2n) is 7.18. The topological polar surface area (TPSA) is 81.4 Å². The Morgan fingerprint density at radius 3 is 2.75 bits per heavy atom. The third kappa shape index (κ3) is 3.99. The van der Waals surface area contributed by atoms with E-state index in [1.807, 2.05) is 24.4 Å². The highest BCUT2D eigenvalue weighted by molar-refractivity contribution is 5.47. The van der Waals surface area contributed by atoms with Crippen molar-refractivity contribution in [2.75, 3.05) is 61.1 Å². The number of ether oxygens (including phenoxy) is 1. The van der Waals surface area contributed by atoms with Gasteiger partial charge in [0.25, 0.3) is 0 Å². The largest absolute Gasteiger partial charge is 0.378 e. The quantitative estimate of drug-likeness (QED) is 0.794. The Hall–Kier alpha value is -2.92. The zero-order valence-corrected chi connectivity index (χ0v) is 16.2. The molecule has 0 amide bonds. The van der Waals surface area contributed by atoms with Gasteiger partial charge in [0, 0.05) is 51.7 Å². The summed E-state index contributed by atoms with van der Waals surface area (Å²) in [5.74, 6) is 2.64. The third-order valence-electron chi connectivity index (χ3n) is 5.43. The number of morpholine rings is 1. The van der Waals surface area contributed by atoms with Crippen molar-refractivity contribution >= 4 is 17.6 Å². The first kappa shape index (κ1) is 18.4. The highest BCUT2D eigenvalue weighted by Gasteiger charge is 2.25. The predicted octanol–water partition coefficient (Wildman–Crippen LogP) is 1.69. The van der Waals surface area contributed by atoms with E-state index in [4.69, 9.17) is 15.0 Å². The lowest BCUT2D eigenvalue weighted by atomic mass is 10.0. The monoisotopic (exact) mass is 379 g/mol. The van der Waals surface area contributed by atoms with Gasteiger partial charge in [-0.05, 0) is 31.0 Å². The van der Waals surface area contributed by atoms with Gasteiger partial charge in [-0.15, -0.1) is 0 Å². The predicted molar refractivity (Wildman–Crippen MR) is 108 cm³/mol. The van der Waals surface area contributed by atoms with E-state index in [0.717, 1.165) is 69.8 Å². The van der Waals surface area contributed by atoms with Gasteiger partial charge in [0.2, 0.25) is 5.95 Å². The Morgan fingerprint density at radius 2 is 2.00 bits per heavy atom. The van der Waals surface area contributed by atoms with Gasteiger partial charge in [-0.1, -0.05) is 0 Å². The minimum absolute atomic E-state index is 0.346. The van der Waals surface area contributed by atoms with E-state index in [9.17, 15) is 0 Å². The molecule has 8 heteroatoms. The van der Waals surface area contributed by atoms with Crippen LogP contribution in [0.2, 0.25) is 0 Å². The van der Waals surface area contributed by atoms with E-state index in [-0.39, 0.29) is 0 Å². The van der Waals surface area contributed by atoms with Gasteiger partial charge in [-0.3, -0.25) is 0 Å². The summed E-state index contributed by atoms with van der Waals surface area (Å²) in [7, 11) is 2.10. The molecule has 0 spiro atoms. The number of hydrogen-bond donors (Lipinski definition) is 0. The van der Waals surface area contributed by atoms with Crippen LogP contribution < -0.4 is 14.7 Å². The second kappa shape index (κ2) is 8.40. The molecule has 4 rings (SSSR count). The minimum atomic E-state index is 0.346. The van der Waals surface area contributed by atoms with E-state index in [1.54, 1.807) is 6.20 Å². The minimum Gasteiger partial charge on any atom is -0.378 e. The summed E-state index contributed by atoms with van der Waals surface area (Å²) in [6.07, 6.45) is 5.69. The summed E-state index contributed by atoms with van der Waals surface area (Å²) in [4.78, 5) is 20.4. The number of nitrogens with zero attached hydrogens (tertiary/aromatic N) is 7. The maximum Gasteiger partial charge on any atom is 0.227 e. The van der Waals surface area contributed by atoms with Crippen molar-refractivity contribution in [3.8, 4) is 6.07 Å². The normalized spacial score (nSPS) is 19.9. The molecule has 2 aliphatic heterocycles. The smallest absolute Gasteiger partial charge is 0.227 e. The maximum atomic E-state index is 8.96. The molecule has 2 aliphatic rings. The molecule has 1 unspecified atom stereocenters. The van der Waals surface area contributed by atoms with E-state index in [2.05, 4.69) is 37.8 Å². The molecule has 0 saturated carbocycles. The lowest BCUT2D eigenvalue weighted by molar-refractivity contribution is 0.122. The number of hydrogen-bond acceptors (Lipinski definition) is 8. The van der Waals surface area contributed by atoms with Crippen molar-refractivity contribution in [2.24, 2.45) is 0 Å². The summed E-state index contributed by atoms with van der Waals surface area (Å²) >= 11 is 0. The lowest BCUT2D eigenvalue weighted by Crippen LogP contribution is -2.47. The van der Waals surface area contributed by atoms with Crippen LogP contribution in [0.15, 0.2) is 30.6 Å². The summed E-state index contributed by atoms with van der Waals surface area (Å²) in [6.45, 7) is 4.96. The van der Waals surface area contributed by atoms with Crippen LogP contribution in [0.4, 0.5) is 17.6 Å². The molecule has 0 bridgehead atoms. The van der Waals surface area contributed by atoms with Crippen molar-refractivity contribution in [2.45, 2.75) is 18.9 Å². The standard InChI is InChI=1S/C20H25N7O/c1-25(19-6-7-22-20(24-19)26-9-11-28-12-10-26)17-3-2-8-27(15-17)18-5-4-16(13-21)14-23-18/h4-7,14,17H,2-3,8-12,15H2,1H3. The first-order valence-corrected chi connectivity index (χ1v) is 9.74. The molecule has 146 valence electrons. The molecular formula is C20H25N7O. The van der Waals surface area contributed by atoms with Crippen LogP contribution in [0.5, 0.6) is 0 Å². The van der Waals surface area contributed by atoms with Crippen molar-refractivity contribution in [1.29, 1.82) is 5.26 Å². The van der Waals surface area contributed by atoms with Crippen molar-refractivity contribution < 1.29 is 4.74 Å². The number of aromatic nitrogens is 3. The van der Waals surface area contributed by atoms with Gasteiger partial charge in [0.1, 0.15) is 17.7 Å². The summed E-state index contributed by atoms with van der Waals surface area (Å²) in [5.41, 5.74) is 0.589. The fourth-order valence-electron chi connectivity index (χ4n) is 3.76. The molecule has 0 aliphatic carbocycles. The van der Waals surface area contributed by atoms with Crippen molar-refractivity contribution in [3.63, 3.8) is 0 Å². The Labute approximate surface area is 165 Å². The first-order chi connectivity index (χ1) is 13.7. The first-order valence-electron chi connectivity index (χ1n) is 9.74. The molecule has 1 atom stereocenters. The van der Waals surface area contributed by atoms with Gasteiger partial charge < -0.3 is 19.4 Å². The molecule has 4 heterocycles. The lowest BCUT2D eigenvalue weighted by Gasteiger charge is -2.39. The Kier molecular flexibility index (Phi) is 5.53. The highest BCUT2D eigenvalue weighted by Crippen LogP contribution is 2.24. The molecule has 2 aromatic rings. The molecule has 0 radical (unpaired) electrons. The number of piperidine rings is 1. The zero-order valence-electron chi connectivity index (χ0n) is 16.2. The van der Waals surface area contributed by atoms with Gasteiger partial charge in [0.15, 0.2) is 0 Å². The van der Waals surface area contributed by atoms with Gasteiger partial charge in [-0.25, -0.2) is 9.97 Å². The Morgan fingerprint density at radius 1 is 1.14 bits per heavy atom. The van der Waals surface area contributed by atoms with E-state index >= 15 is 0 Å². The van der Waals surface area contributed by atoms with Crippen molar-refractivity contribution in [3.05, 3.63) is 36.2 Å². The van der Waals surface area contributed by atoms with Crippen molar-refractivity contribution in [1.82, 2.24) is 15.0 Å².